The molecule has 1 aromatic carbocycles. The van der Waals surface area contributed by atoms with Gasteiger partial charge in [0.25, 0.3) is 0 Å². The Morgan fingerprint density at radius 1 is 1.21 bits per heavy atom. The van der Waals surface area contributed by atoms with Crippen molar-refractivity contribution in [3.63, 3.8) is 0 Å². The van der Waals surface area contributed by atoms with Gasteiger partial charge >= 0.3 is 6.03 Å². The number of carbonyl (C=O) groups is 1. The van der Waals surface area contributed by atoms with Gasteiger partial charge in [-0.3, -0.25) is 0 Å². The topological polar surface area (TPSA) is 46.1 Å². The second-order valence-electron chi connectivity index (χ2n) is 6.64. The highest BCUT2D eigenvalue weighted by atomic mass is 16.2. The van der Waals surface area contributed by atoms with Crippen LogP contribution in [0.4, 0.5) is 4.79 Å². The highest BCUT2D eigenvalue weighted by Gasteiger charge is 2.09. The predicted molar refractivity (Wildman–Crippen MR) is 99.3 cm³/mol. The molecule has 2 rings (SSSR count). The molecule has 0 radical (unpaired) electrons. The molecule has 4 nitrogen and oxygen atoms in total. The normalized spacial score (nSPS) is 12.0. The first kappa shape index (κ1) is 18.1. The van der Waals surface area contributed by atoms with Crippen LogP contribution in [0.1, 0.15) is 48.2 Å². The molecular formula is C20H29N3O. The number of aromatic nitrogens is 1. The molecule has 0 saturated heterocycles. The highest BCUT2D eigenvalue weighted by Crippen LogP contribution is 2.18. The minimum Gasteiger partial charge on any atom is -0.345 e. The van der Waals surface area contributed by atoms with Crippen LogP contribution in [0.15, 0.2) is 30.5 Å². The van der Waals surface area contributed by atoms with Gasteiger partial charge in [-0.2, -0.15) is 0 Å². The van der Waals surface area contributed by atoms with Crippen LogP contribution < -0.4 is 10.6 Å². The molecular weight excluding hydrogens is 298 g/mol. The van der Waals surface area contributed by atoms with Crippen molar-refractivity contribution in [2.24, 2.45) is 0 Å². The summed E-state index contributed by atoms with van der Waals surface area (Å²) in [4.78, 5) is 11.9. The molecule has 1 atom stereocenters. The summed E-state index contributed by atoms with van der Waals surface area (Å²) < 4.78 is 2.20. The van der Waals surface area contributed by atoms with E-state index in [2.05, 4.69) is 67.3 Å². The van der Waals surface area contributed by atoms with Gasteiger partial charge in [0.2, 0.25) is 0 Å². The number of hydrogen-bond acceptors (Lipinski definition) is 1. The minimum atomic E-state index is -0.111. The van der Waals surface area contributed by atoms with Crippen LogP contribution >= 0.6 is 0 Å². The Kier molecular flexibility index (Phi) is 6.07. The van der Waals surface area contributed by atoms with E-state index in [4.69, 9.17) is 0 Å². The maximum absolute atomic E-state index is 11.9. The fraction of sp³-hybridized carbons (Fsp3) is 0.450. The van der Waals surface area contributed by atoms with Crippen LogP contribution in [0.2, 0.25) is 0 Å². The largest absolute Gasteiger partial charge is 0.345 e. The summed E-state index contributed by atoms with van der Waals surface area (Å²) in [6, 6.07) is 8.62. The van der Waals surface area contributed by atoms with E-state index in [0.717, 1.165) is 18.7 Å². The zero-order valence-electron chi connectivity index (χ0n) is 15.4. The van der Waals surface area contributed by atoms with E-state index < -0.39 is 0 Å². The molecule has 130 valence electrons. The van der Waals surface area contributed by atoms with Crippen molar-refractivity contribution in [3.8, 4) is 0 Å². The van der Waals surface area contributed by atoms with Crippen LogP contribution in [-0.4, -0.2) is 16.6 Å². The van der Waals surface area contributed by atoms with Crippen LogP contribution in [0.25, 0.3) is 0 Å². The summed E-state index contributed by atoms with van der Waals surface area (Å²) in [5.74, 6) is 0. The Balaban J connectivity index is 2.05. The molecule has 0 aliphatic carbocycles. The lowest BCUT2D eigenvalue weighted by Crippen LogP contribution is -2.40. The smallest absolute Gasteiger partial charge is 0.315 e. The molecule has 0 unspecified atom stereocenters. The molecule has 2 aromatic rings. The highest BCUT2D eigenvalue weighted by molar-refractivity contribution is 5.74. The third kappa shape index (κ3) is 4.63. The van der Waals surface area contributed by atoms with Crippen molar-refractivity contribution >= 4 is 6.03 Å². The van der Waals surface area contributed by atoms with Crippen molar-refractivity contribution < 1.29 is 4.79 Å². The molecule has 24 heavy (non-hydrogen) atoms. The lowest BCUT2D eigenvalue weighted by Gasteiger charge is -2.16. The number of carbonyl (C=O) groups excluding carboxylic acids is 1. The molecule has 0 aliphatic rings. The summed E-state index contributed by atoms with van der Waals surface area (Å²) in [6.45, 7) is 11.9. The van der Waals surface area contributed by atoms with Gasteiger partial charge in [-0.1, -0.05) is 24.6 Å². The second kappa shape index (κ2) is 8.04. The molecule has 4 heteroatoms. The molecule has 2 amide bonds. The van der Waals surface area contributed by atoms with Gasteiger partial charge in [0.05, 0.1) is 6.54 Å². The van der Waals surface area contributed by atoms with Crippen molar-refractivity contribution in [3.05, 3.63) is 58.4 Å². The summed E-state index contributed by atoms with van der Waals surface area (Å²) >= 11 is 0. The molecule has 0 spiro atoms. The van der Waals surface area contributed by atoms with Crippen molar-refractivity contribution in [1.29, 1.82) is 0 Å². The van der Waals surface area contributed by atoms with Crippen molar-refractivity contribution in [2.75, 3.05) is 0 Å². The van der Waals surface area contributed by atoms with E-state index in [9.17, 15) is 4.79 Å². The number of amides is 2. The monoisotopic (exact) mass is 327 g/mol. The molecule has 1 aromatic heterocycles. The Morgan fingerprint density at radius 3 is 2.50 bits per heavy atom. The van der Waals surface area contributed by atoms with E-state index in [1.807, 2.05) is 13.0 Å². The maximum Gasteiger partial charge on any atom is 0.315 e. The number of rotatable bonds is 6. The number of nitrogens with zero attached hydrogens (tertiary/aromatic N) is 1. The quantitative estimate of drug-likeness (QED) is 0.826. The fourth-order valence-corrected chi connectivity index (χ4v) is 2.94. The lowest BCUT2D eigenvalue weighted by atomic mass is 10.00. The van der Waals surface area contributed by atoms with Crippen molar-refractivity contribution in [2.45, 2.75) is 60.2 Å². The zero-order chi connectivity index (χ0) is 17.7. The molecule has 0 fully saturated rings. The van der Waals surface area contributed by atoms with Crippen LogP contribution in [0, 0.1) is 20.8 Å². The number of aryl methyl sites for hydroxylation is 3. The predicted octanol–water partition coefficient (Wildman–Crippen LogP) is 4.06. The standard InChI is InChI=1S/C20H29N3O/c1-6-17(5)22-20(24)21-12-18-8-7-9-23(18)13-19-15(3)10-14(2)11-16(19)4/h7-11,17H,6,12-13H2,1-5H3,(H2,21,22,24)/t17-/m0/s1. The van der Waals surface area contributed by atoms with E-state index in [-0.39, 0.29) is 12.1 Å². The van der Waals surface area contributed by atoms with E-state index in [1.54, 1.807) is 0 Å². The van der Waals surface area contributed by atoms with Gasteiger partial charge in [0.1, 0.15) is 0 Å². The van der Waals surface area contributed by atoms with Crippen molar-refractivity contribution in [1.82, 2.24) is 15.2 Å². The van der Waals surface area contributed by atoms with Gasteiger partial charge in [-0.15, -0.1) is 0 Å². The fourth-order valence-electron chi connectivity index (χ4n) is 2.94. The SMILES string of the molecule is CC[C@H](C)NC(=O)NCc1cccn1Cc1c(C)cc(C)cc1C. The third-order valence-corrected chi connectivity index (χ3v) is 4.51. The average molecular weight is 327 g/mol. The first-order valence-electron chi connectivity index (χ1n) is 8.65. The summed E-state index contributed by atoms with van der Waals surface area (Å²) in [7, 11) is 0. The van der Waals surface area contributed by atoms with E-state index in [1.165, 1.54) is 22.3 Å². The number of benzene rings is 1. The Labute approximate surface area is 145 Å². The van der Waals surface area contributed by atoms with Crippen LogP contribution in [-0.2, 0) is 13.1 Å². The first-order valence-corrected chi connectivity index (χ1v) is 8.65. The molecule has 1 heterocycles. The average Bonchev–Trinajstić information content (AvgIpc) is 2.95. The lowest BCUT2D eigenvalue weighted by molar-refractivity contribution is 0.237. The van der Waals surface area contributed by atoms with Gasteiger partial charge in [0, 0.05) is 24.5 Å². The zero-order valence-corrected chi connectivity index (χ0v) is 15.4. The second-order valence-corrected chi connectivity index (χ2v) is 6.64. The molecule has 2 N–H and O–H groups in total. The van der Waals surface area contributed by atoms with Crippen LogP contribution in [0.5, 0.6) is 0 Å². The van der Waals surface area contributed by atoms with Crippen LogP contribution in [0.3, 0.4) is 0 Å². The Hall–Kier alpha value is -2.23. The van der Waals surface area contributed by atoms with Gasteiger partial charge in [-0.05, 0) is 62.9 Å². The maximum atomic E-state index is 11.9. The summed E-state index contributed by atoms with van der Waals surface area (Å²) in [5, 5.41) is 5.87. The van der Waals surface area contributed by atoms with Gasteiger partial charge in [-0.25, -0.2) is 4.79 Å². The van der Waals surface area contributed by atoms with Gasteiger partial charge in [0.15, 0.2) is 0 Å². The van der Waals surface area contributed by atoms with E-state index >= 15 is 0 Å². The molecule has 0 aliphatic heterocycles. The first-order chi connectivity index (χ1) is 11.4. The van der Waals surface area contributed by atoms with Gasteiger partial charge < -0.3 is 15.2 Å². The Bertz CT molecular complexity index is 680. The minimum absolute atomic E-state index is 0.111. The summed E-state index contributed by atoms with van der Waals surface area (Å²) in [6.07, 6.45) is 3.00. The molecule has 0 bridgehead atoms. The Morgan fingerprint density at radius 2 is 1.88 bits per heavy atom. The number of hydrogen-bond donors (Lipinski definition) is 2. The number of nitrogens with one attached hydrogen (secondary N) is 2. The summed E-state index contributed by atoms with van der Waals surface area (Å²) in [5.41, 5.74) is 6.38. The van der Waals surface area contributed by atoms with E-state index in [0.29, 0.717) is 6.54 Å². The third-order valence-electron chi connectivity index (χ3n) is 4.51. The molecule has 0 saturated carbocycles. The number of urea groups is 1.